The Morgan fingerprint density at radius 1 is 1.38 bits per heavy atom. The highest BCUT2D eigenvalue weighted by Gasteiger charge is 2.23. The number of carbonyl (C=O) groups is 1. The average molecular weight is 200 g/mol. The lowest BCUT2D eigenvalue weighted by atomic mass is 10.0. The summed E-state index contributed by atoms with van der Waals surface area (Å²) in [6.07, 6.45) is 0. The molecule has 0 aromatic heterocycles. The van der Waals surface area contributed by atoms with Crippen LogP contribution in [0.15, 0.2) is 30.3 Å². The monoisotopic (exact) mass is 199 g/mol. The molecule has 1 aromatic rings. The van der Waals surface area contributed by atoms with Gasteiger partial charge in [0.05, 0.1) is 6.04 Å². The van der Waals surface area contributed by atoms with Crippen molar-refractivity contribution < 1.29 is 9.90 Å². The molecule has 0 aliphatic heterocycles. The van der Waals surface area contributed by atoms with Crippen LogP contribution in [0.4, 0.5) is 0 Å². The summed E-state index contributed by atoms with van der Waals surface area (Å²) in [5.74, 6) is -1.10. The van der Waals surface area contributed by atoms with Crippen molar-refractivity contribution in [3.8, 4) is 0 Å². The minimum absolute atomic E-state index is 0.666. The van der Waals surface area contributed by atoms with Crippen LogP contribution < -0.4 is 5.73 Å². The molecule has 0 aliphatic carbocycles. The molecule has 2 atom stereocenters. The number of carboxylic acid groups (broad SMARTS) is 1. The van der Waals surface area contributed by atoms with Crippen LogP contribution in [0.3, 0.4) is 0 Å². The van der Waals surface area contributed by atoms with Gasteiger partial charge in [-0.05, 0) is 5.56 Å². The maximum absolute atomic E-state index is 10.5. The smallest absolute Gasteiger partial charge is 0.323 e. The Bertz CT molecular complexity index is 289. The zero-order valence-corrected chi connectivity index (χ0v) is 7.61. The van der Waals surface area contributed by atoms with Gasteiger partial charge in [-0.1, -0.05) is 30.3 Å². The van der Waals surface area contributed by atoms with Gasteiger partial charge in [0.25, 0.3) is 0 Å². The molecule has 0 spiro atoms. The van der Waals surface area contributed by atoms with Crippen LogP contribution in [0.5, 0.6) is 0 Å². The summed E-state index contributed by atoms with van der Waals surface area (Å²) in [5.41, 5.74) is 6.35. The van der Waals surface area contributed by atoms with Gasteiger partial charge in [-0.3, -0.25) is 4.79 Å². The number of hydrogen-bond donors (Lipinski definition) is 2. The van der Waals surface area contributed by atoms with Gasteiger partial charge < -0.3 is 10.8 Å². The van der Waals surface area contributed by atoms with Crippen molar-refractivity contribution in [2.24, 2.45) is 5.73 Å². The maximum atomic E-state index is 10.5. The summed E-state index contributed by atoms with van der Waals surface area (Å²) in [6.45, 7) is 0. The summed E-state index contributed by atoms with van der Waals surface area (Å²) in [6, 6.07) is 8.26. The van der Waals surface area contributed by atoms with E-state index in [1.807, 2.05) is 6.07 Å². The normalized spacial score (nSPS) is 14.9. The van der Waals surface area contributed by atoms with E-state index in [0.717, 1.165) is 5.56 Å². The molecule has 0 amide bonds. The quantitative estimate of drug-likeness (QED) is 0.723. The lowest BCUT2D eigenvalue weighted by Gasteiger charge is -2.13. The van der Waals surface area contributed by atoms with Gasteiger partial charge in [-0.2, -0.15) is 0 Å². The molecule has 0 bridgehead atoms. The van der Waals surface area contributed by atoms with Gasteiger partial charge in [0.1, 0.15) is 5.38 Å². The Kier molecular flexibility index (Phi) is 3.28. The van der Waals surface area contributed by atoms with E-state index in [-0.39, 0.29) is 0 Å². The Labute approximate surface area is 81.1 Å². The molecule has 0 radical (unpaired) electrons. The Morgan fingerprint density at radius 3 is 2.38 bits per heavy atom. The SMILES string of the molecule is N[C@@H](c1ccccc1)C(Cl)C(=O)O. The minimum atomic E-state index is -1.10. The Hall–Kier alpha value is -1.06. The van der Waals surface area contributed by atoms with Gasteiger partial charge in [0.2, 0.25) is 0 Å². The van der Waals surface area contributed by atoms with Crippen LogP contribution >= 0.6 is 11.6 Å². The van der Waals surface area contributed by atoms with Gasteiger partial charge in [0.15, 0.2) is 0 Å². The fraction of sp³-hybridized carbons (Fsp3) is 0.222. The molecule has 1 unspecified atom stereocenters. The van der Waals surface area contributed by atoms with Crippen LogP contribution in [0.25, 0.3) is 0 Å². The molecule has 0 saturated carbocycles. The first-order valence-corrected chi connectivity index (χ1v) is 4.24. The number of aliphatic carboxylic acids is 1. The van der Waals surface area contributed by atoms with E-state index >= 15 is 0 Å². The predicted octanol–water partition coefficient (Wildman–Crippen LogP) is 1.38. The number of benzene rings is 1. The standard InChI is InChI=1S/C9H10ClNO2/c10-7(9(12)13)8(11)6-4-2-1-3-5-6/h1-5,7-8H,11H2,(H,12,13)/t7?,8-/m0/s1. The van der Waals surface area contributed by atoms with Crippen molar-refractivity contribution in [3.05, 3.63) is 35.9 Å². The third kappa shape index (κ3) is 2.44. The van der Waals surface area contributed by atoms with Crippen molar-refractivity contribution in [1.29, 1.82) is 0 Å². The summed E-state index contributed by atoms with van der Waals surface area (Å²) in [4.78, 5) is 10.5. The van der Waals surface area contributed by atoms with Crippen LogP contribution in [-0.2, 0) is 4.79 Å². The fourth-order valence-corrected chi connectivity index (χ4v) is 1.14. The van der Waals surface area contributed by atoms with E-state index in [0.29, 0.717) is 0 Å². The number of carboxylic acids is 1. The van der Waals surface area contributed by atoms with Crippen molar-refractivity contribution in [2.75, 3.05) is 0 Å². The van der Waals surface area contributed by atoms with Crippen molar-refractivity contribution >= 4 is 17.6 Å². The molecule has 3 nitrogen and oxygen atoms in total. The van der Waals surface area contributed by atoms with E-state index < -0.39 is 17.4 Å². The van der Waals surface area contributed by atoms with Crippen LogP contribution in [0.2, 0.25) is 0 Å². The average Bonchev–Trinajstić information content (AvgIpc) is 2.17. The third-order valence-electron chi connectivity index (χ3n) is 1.74. The van der Waals surface area contributed by atoms with Gasteiger partial charge in [-0.15, -0.1) is 11.6 Å². The number of hydrogen-bond acceptors (Lipinski definition) is 2. The molecular formula is C9H10ClNO2. The van der Waals surface area contributed by atoms with Crippen molar-refractivity contribution in [1.82, 2.24) is 0 Å². The number of rotatable bonds is 3. The van der Waals surface area contributed by atoms with Crippen molar-refractivity contribution in [2.45, 2.75) is 11.4 Å². The lowest BCUT2D eigenvalue weighted by molar-refractivity contribution is -0.137. The van der Waals surface area contributed by atoms with Gasteiger partial charge in [0, 0.05) is 0 Å². The molecular weight excluding hydrogens is 190 g/mol. The number of halogens is 1. The number of nitrogens with two attached hydrogens (primary N) is 1. The highest BCUT2D eigenvalue weighted by atomic mass is 35.5. The highest BCUT2D eigenvalue weighted by Crippen LogP contribution is 2.18. The molecule has 0 fully saturated rings. The lowest BCUT2D eigenvalue weighted by Crippen LogP contribution is -2.28. The zero-order chi connectivity index (χ0) is 9.84. The van der Waals surface area contributed by atoms with Gasteiger partial charge in [-0.25, -0.2) is 0 Å². The molecule has 1 aromatic carbocycles. The molecule has 70 valence electrons. The summed E-state index contributed by atoms with van der Waals surface area (Å²) in [7, 11) is 0. The second-order valence-electron chi connectivity index (χ2n) is 2.68. The molecule has 0 aliphatic rings. The Morgan fingerprint density at radius 2 is 1.92 bits per heavy atom. The molecule has 13 heavy (non-hydrogen) atoms. The Balaban J connectivity index is 2.79. The van der Waals surface area contributed by atoms with Crippen LogP contribution in [0, 0.1) is 0 Å². The molecule has 3 N–H and O–H groups in total. The first-order chi connectivity index (χ1) is 6.13. The largest absolute Gasteiger partial charge is 0.480 e. The second-order valence-corrected chi connectivity index (χ2v) is 3.15. The topological polar surface area (TPSA) is 63.3 Å². The second kappa shape index (κ2) is 4.25. The first kappa shape index (κ1) is 10.0. The highest BCUT2D eigenvalue weighted by molar-refractivity contribution is 6.30. The van der Waals surface area contributed by atoms with E-state index in [2.05, 4.69) is 0 Å². The van der Waals surface area contributed by atoms with Crippen LogP contribution in [0.1, 0.15) is 11.6 Å². The van der Waals surface area contributed by atoms with Crippen molar-refractivity contribution in [3.63, 3.8) is 0 Å². The summed E-state index contributed by atoms with van der Waals surface area (Å²) < 4.78 is 0. The maximum Gasteiger partial charge on any atom is 0.323 e. The van der Waals surface area contributed by atoms with E-state index in [1.165, 1.54) is 0 Å². The minimum Gasteiger partial charge on any atom is -0.480 e. The fourth-order valence-electron chi connectivity index (χ4n) is 0.998. The number of alkyl halides is 1. The van der Waals surface area contributed by atoms with E-state index in [4.69, 9.17) is 22.4 Å². The molecule has 1 rings (SSSR count). The van der Waals surface area contributed by atoms with E-state index in [9.17, 15) is 4.79 Å². The molecule has 4 heteroatoms. The molecule has 0 heterocycles. The first-order valence-electron chi connectivity index (χ1n) is 3.80. The van der Waals surface area contributed by atoms with Crippen LogP contribution in [-0.4, -0.2) is 16.5 Å². The predicted molar refractivity (Wildman–Crippen MR) is 50.6 cm³/mol. The van der Waals surface area contributed by atoms with E-state index in [1.54, 1.807) is 24.3 Å². The van der Waals surface area contributed by atoms with Gasteiger partial charge >= 0.3 is 5.97 Å². The third-order valence-corrected chi connectivity index (χ3v) is 2.19. The summed E-state index contributed by atoms with van der Waals surface area (Å²) >= 11 is 5.58. The summed E-state index contributed by atoms with van der Waals surface area (Å²) in [5, 5.41) is 7.52. The molecule has 0 saturated heterocycles. The zero-order valence-electron chi connectivity index (χ0n) is 6.85.